The zero-order chi connectivity index (χ0) is 18.4. The summed E-state index contributed by atoms with van der Waals surface area (Å²) in [7, 11) is 3.15. The van der Waals surface area contributed by atoms with Gasteiger partial charge in [-0.15, -0.1) is 0 Å². The molecule has 0 saturated heterocycles. The van der Waals surface area contributed by atoms with Crippen LogP contribution in [0.5, 0.6) is 11.5 Å². The standard InChI is InChI=1S/C20H19N3O3/c1-25-17-11-5-3-9-15(17)22-19-14(8-7-13-21-19)20(24)23-16-10-4-6-12-18(16)26-2/h3-13H,1-2H3,(H,21,22)(H,23,24). The van der Waals surface area contributed by atoms with Crippen molar-refractivity contribution in [2.24, 2.45) is 0 Å². The van der Waals surface area contributed by atoms with Gasteiger partial charge in [0, 0.05) is 6.20 Å². The van der Waals surface area contributed by atoms with Crippen LogP contribution in [0.3, 0.4) is 0 Å². The summed E-state index contributed by atoms with van der Waals surface area (Å²) in [6.45, 7) is 0. The highest BCUT2D eigenvalue weighted by Crippen LogP contribution is 2.29. The van der Waals surface area contributed by atoms with Gasteiger partial charge in [0.15, 0.2) is 0 Å². The number of nitrogens with one attached hydrogen (secondary N) is 2. The van der Waals surface area contributed by atoms with Crippen LogP contribution in [0.25, 0.3) is 0 Å². The van der Waals surface area contributed by atoms with E-state index in [1.165, 1.54) is 0 Å². The summed E-state index contributed by atoms with van der Waals surface area (Å²) in [6.07, 6.45) is 1.62. The van der Waals surface area contributed by atoms with Crippen molar-refractivity contribution in [1.29, 1.82) is 0 Å². The Labute approximate surface area is 151 Å². The number of ether oxygens (including phenoxy) is 2. The van der Waals surface area contributed by atoms with Gasteiger partial charge in [-0.1, -0.05) is 24.3 Å². The average Bonchev–Trinajstić information content (AvgIpc) is 2.69. The third-order valence-corrected chi connectivity index (χ3v) is 3.77. The van der Waals surface area contributed by atoms with E-state index < -0.39 is 0 Å². The van der Waals surface area contributed by atoms with Gasteiger partial charge < -0.3 is 20.1 Å². The molecule has 6 nitrogen and oxygen atoms in total. The highest BCUT2D eigenvalue weighted by Gasteiger charge is 2.15. The molecule has 1 amide bonds. The molecular weight excluding hydrogens is 330 g/mol. The summed E-state index contributed by atoms with van der Waals surface area (Å²) in [5, 5.41) is 6.02. The van der Waals surface area contributed by atoms with Gasteiger partial charge in [-0.25, -0.2) is 4.98 Å². The first-order chi connectivity index (χ1) is 12.7. The highest BCUT2D eigenvalue weighted by atomic mass is 16.5. The number of methoxy groups -OCH3 is 2. The minimum atomic E-state index is -0.292. The number of carbonyl (C=O) groups excluding carboxylic acids is 1. The predicted molar refractivity (Wildman–Crippen MR) is 101 cm³/mol. The molecule has 26 heavy (non-hydrogen) atoms. The van der Waals surface area contributed by atoms with Crippen molar-refractivity contribution in [2.45, 2.75) is 0 Å². The predicted octanol–water partition coefficient (Wildman–Crippen LogP) is 4.09. The Hall–Kier alpha value is -3.54. The number of aromatic nitrogens is 1. The maximum absolute atomic E-state index is 12.8. The highest BCUT2D eigenvalue weighted by molar-refractivity contribution is 6.08. The summed E-state index contributed by atoms with van der Waals surface area (Å²) in [4.78, 5) is 17.1. The van der Waals surface area contributed by atoms with Gasteiger partial charge in [-0.3, -0.25) is 4.79 Å². The van der Waals surface area contributed by atoms with Crippen molar-refractivity contribution in [3.8, 4) is 11.5 Å². The molecule has 0 aliphatic rings. The van der Waals surface area contributed by atoms with Crippen LogP contribution in [-0.2, 0) is 0 Å². The zero-order valence-corrected chi connectivity index (χ0v) is 14.5. The number of benzene rings is 2. The molecule has 0 spiro atoms. The number of para-hydroxylation sites is 4. The molecule has 0 aliphatic heterocycles. The smallest absolute Gasteiger partial charge is 0.259 e. The van der Waals surface area contributed by atoms with Crippen LogP contribution in [0.1, 0.15) is 10.4 Å². The molecule has 0 saturated carbocycles. The number of nitrogens with zero attached hydrogens (tertiary/aromatic N) is 1. The first-order valence-electron chi connectivity index (χ1n) is 8.02. The van der Waals surface area contributed by atoms with Gasteiger partial charge in [0.2, 0.25) is 0 Å². The Morgan fingerprint density at radius 3 is 2.15 bits per heavy atom. The Kier molecular flexibility index (Phi) is 5.34. The van der Waals surface area contributed by atoms with Gasteiger partial charge in [-0.2, -0.15) is 0 Å². The molecule has 1 aromatic heterocycles. The Balaban J connectivity index is 1.88. The van der Waals surface area contributed by atoms with E-state index >= 15 is 0 Å². The summed E-state index contributed by atoms with van der Waals surface area (Å²) in [5.74, 6) is 1.39. The summed E-state index contributed by atoms with van der Waals surface area (Å²) < 4.78 is 10.6. The Bertz CT molecular complexity index is 912. The summed E-state index contributed by atoms with van der Waals surface area (Å²) >= 11 is 0. The van der Waals surface area contributed by atoms with Crippen LogP contribution in [0.2, 0.25) is 0 Å². The molecule has 0 fully saturated rings. The molecule has 0 aliphatic carbocycles. The second kappa shape index (κ2) is 8.02. The lowest BCUT2D eigenvalue weighted by atomic mass is 10.2. The quantitative estimate of drug-likeness (QED) is 0.701. The van der Waals surface area contributed by atoms with Crippen LogP contribution in [-0.4, -0.2) is 25.1 Å². The first kappa shape index (κ1) is 17.3. The van der Waals surface area contributed by atoms with E-state index in [1.807, 2.05) is 36.4 Å². The maximum atomic E-state index is 12.8. The molecule has 3 rings (SSSR count). The molecule has 1 heterocycles. The van der Waals surface area contributed by atoms with Crippen molar-refractivity contribution >= 4 is 23.1 Å². The van der Waals surface area contributed by atoms with Gasteiger partial charge in [0.1, 0.15) is 17.3 Å². The molecule has 3 aromatic rings. The van der Waals surface area contributed by atoms with Crippen molar-refractivity contribution in [2.75, 3.05) is 24.9 Å². The van der Waals surface area contributed by atoms with E-state index in [9.17, 15) is 4.79 Å². The normalized spacial score (nSPS) is 10.1. The van der Waals surface area contributed by atoms with E-state index in [2.05, 4.69) is 15.6 Å². The van der Waals surface area contributed by atoms with Crippen LogP contribution < -0.4 is 20.1 Å². The molecule has 0 bridgehead atoms. The fourth-order valence-electron chi connectivity index (χ4n) is 2.50. The van der Waals surface area contributed by atoms with Gasteiger partial charge >= 0.3 is 0 Å². The lowest BCUT2D eigenvalue weighted by Gasteiger charge is -2.14. The van der Waals surface area contributed by atoms with E-state index in [0.717, 1.165) is 5.69 Å². The first-order valence-corrected chi connectivity index (χ1v) is 8.02. The third-order valence-electron chi connectivity index (χ3n) is 3.77. The monoisotopic (exact) mass is 349 g/mol. The number of amides is 1. The number of hydrogen-bond donors (Lipinski definition) is 2. The van der Waals surface area contributed by atoms with Crippen LogP contribution in [0, 0.1) is 0 Å². The van der Waals surface area contributed by atoms with E-state index in [-0.39, 0.29) is 5.91 Å². The fraction of sp³-hybridized carbons (Fsp3) is 0.100. The summed E-state index contributed by atoms with van der Waals surface area (Å²) in [6, 6.07) is 18.1. The van der Waals surface area contributed by atoms with E-state index in [4.69, 9.17) is 9.47 Å². The number of carbonyl (C=O) groups is 1. The molecule has 0 radical (unpaired) electrons. The fourth-order valence-corrected chi connectivity index (χ4v) is 2.50. The topological polar surface area (TPSA) is 72.5 Å². The molecule has 2 aromatic carbocycles. The summed E-state index contributed by atoms with van der Waals surface area (Å²) in [5.41, 5.74) is 1.72. The number of anilines is 3. The molecule has 2 N–H and O–H groups in total. The van der Waals surface area contributed by atoms with Gasteiger partial charge in [0.25, 0.3) is 5.91 Å². The molecular formula is C20H19N3O3. The second-order valence-electron chi connectivity index (χ2n) is 5.38. The van der Waals surface area contributed by atoms with Crippen molar-refractivity contribution in [3.63, 3.8) is 0 Å². The van der Waals surface area contributed by atoms with Crippen molar-refractivity contribution in [3.05, 3.63) is 72.4 Å². The minimum Gasteiger partial charge on any atom is -0.495 e. The molecule has 6 heteroatoms. The molecule has 0 unspecified atom stereocenters. The Morgan fingerprint density at radius 2 is 1.46 bits per heavy atom. The van der Waals surface area contributed by atoms with Gasteiger partial charge in [0.05, 0.1) is 31.2 Å². The lowest BCUT2D eigenvalue weighted by Crippen LogP contribution is -2.15. The Morgan fingerprint density at radius 1 is 0.846 bits per heavy atom. The van der Waals surface area contributed by atoms with Crippen molar-refractivity contribution in [1.82, 2.24) is 4.98 Å². The minimum absolute atomic E-state index is 0.292. The van der Waals surface area contributed by atoms with Crippen LogP contribution in [0.4, 0.5) is 17.2 Å². The van der Waals surface area contributed by atoms with Crippen molar-refractivity contribution < 1.29 is 14.3 Å². The lowest BCUT2D eigenvalue weighted by molar-refractivity contribution is 0.102. The van der Waals surface area contributed by atoms with Crippen LogP contribution in [0.15, 0.2) is 66.9 Å². The van der Waals surface area contributed by atoms with Gasteiger partial charge in [-0.05, 0) is 36.4 Å². The zero-order valence-electron chi connectivity index (χ0n) is 14.5. The SMILES string of the molecule is COc1ccccc1NC(=O)c1cccnc1Nc1ccccc1OC. The average molecular weight is 349 g/mol. The second-order valence-corrected chi connectivity index (χ2v) is 5.38. The number of hydrogen-bond acceptors (Lipinski definition) is 5. The largest absolute Gasteiger partial charge is 0.495 e. The third kappa shape index (κ3) is 3.75. The number of pyridine rings is 1. The van der Waals surface area contributed by atoms with E-state index in [0.29, 0.717) is 28.6 Å². The number of rotatable bonds is 6. The van der Waals surface area contributed by atoms with E-state index in [1.54, 1.807) is 44.7 Å². The maximum Gasteiger partial charge on any atom is 0.259 e. The van der Waals surface area contributed by atoms with Crippen LogP contribution >= 0.6 is 0 Å². The molecule has 0 atom stereocenters. The molecule has 132 valence electrons.